The number of nitrogens with two attached hydrogens (primary N) is 1. The van der Waals surface area contributed by atoms with Crippen molar-refractivity contribution in [3.8, 4) is 11.4 Å². The minimum Gasteiger partial charge on any atom is -0.400 e. The van der Waals surface area contributed by atoms with E-state index in [4.69, 9.17) is 10.5 Å². The molecule has 6 N–H and O–H groups in total. The highest BCUT2D eigenvalue weighted by molar-refractivity contribution is 5.87. The van der Waals surface area contributed by atoms with Crippen LogP contribution in [0.3, 0.4) is 0 Å². The highest BCUT2D eigenvalue weighted by Crippen LogP contribution is 2.35. The van der Waals surface area contributed by atoms with Crippen molar-refractivity contribution in [1.82, 2.24) is 20.2 Å². The van der Waals surface area contributed by atoms with Crippen LogP contribution in [-0.4, -0.2) is 59.9 Å². The van der Waals surface area contributed by atoms with E-state index in [1.54, 1.807) is 19.2 Å². The van der Waals surface area contributed by atoms with Crippen LogP contribution in [0.25, 0.3) is 22.3 Å². The maximum absolute atomic E-state index is 14.1. The number of unbranched alkanes of at least 4 members (excludes halogenated alkanes) is 2. The van der Waals surface area contributed by atoms with Crippen molar-refractivity contribution in [2.45, 2.75) is 166 Å². The molecule has 3 atom stereocenters. The number of anilines is 1. The summed E-state index contributed by atoms with van der Waals surface area (Å²) in [5.74, 6) is -0.426. The van der Waals surface area contributed by atoms with E-state index in [1.165, 1.54) is 43.4 Å². The van der Waals surface area contributed by atoms with E-state index < -0.39 is 11.9 Å². The van der Waals surface area contributed by atoms with E-state index in [0.29, 0.717) is 48.0 Å². The number of pyridine rings is 2. The van der Waals surface area contributed by atoms with Gasteiger partial charge < -0.3 is 40.9 Å². The number of methoxy groups -OCH3 is 1. The van der Waals surface area contributed by atoms with E-state index in [2.05, 4.69) is 108 Å². The maximum Gasteiger partial charge on any atom is 0.257 e. The molecule has 12 heteroatoms. The fourth-order valence-electron chi connectivity index (χ4n) is 6.20. The van der Waals surface area contributed by atoms with Crippen molar-refractivity contribution >= 4 is 29.1 Å². The van der Waals surface area contributed by atoms with Crippen molar-refractivity contribution in [3.05, 3.63) is 94.0 Å². The van der Waals surface area contributed by atoms with Gasteiger partial charge in [0.1, 0.15) is 11.9 Å². The van der Waals surface area contributed by atoms with Gasteiger partial charge in [-0.05, 0) is 56.7 Å². The number of allylic oxidation sites excluding steroid dienone is 1. The Balaban J connectivity index is 0.00000103. The Morgan fingerprint density at radius 2 is 1.70 bits per heavy atom. The first-order valence-corrected chi connectivity index (χ1v) is 23.2. The SMILES string of the molecule is C=CC(C)NC(=C)CN=CC(C)(C)CCC(C)(C)/C(N)=C/NC(C)CC.CC.CCC.CCCCC.CNc1cc2cc3c(nc2cc1F)-c1cc(C(O)C=O)c(COC)c(=O)n1C3. The molecule has 0 saturated heterocycles. The van der Waals surface area contributed by atoms with Gasteiger partial charge in [0.2, 0.25) is 0 Å². The summed E-state index contributed by atoms with van der Waals surface area (Å²) in [6.07, 6.45) is 13.2. The van der Waals surface area contributed by atoms with Crippen molar-refractivity contribution in [3.63, 3.8) is 0 Å². The zero-order valence-electron chi connectivity index (χ0n) is 42.3. The molecule has 0 fully saturated rings. The number of ether oxygens (including phenoxy) is 1. The lowest BCUT2D eigenvalue weighted by atomic mass is 9.78. The smallest absolute Gasteiger partial charge is 0.257 e. The van der Waals surface area contributed by atoms with E-state index in [0.717, 1.165) is 41.6 Å². The maximum atomic E-state index is 14.1. The third-order valence-electron chi connectivity index (χ3n) is 10.5. The van der Waals surface area contributed by atoms with Gasteiger partial charge in [-0.2, -0.15) is 0 Å². The van der Waals surface area contributed by atoms with Gasteiger partial charge in [-0.15, -0.1) is 6.58 Å². The third-order valence-corrected chi connectivity index (χ3v) is 10.5. The minimum absolute atomic E-state index is 0.0199. The number of aliphatic hydroxyl groups excluding tert-OH is 1. The van der Waals surface area contributed by atoms with Crippen molar-refractivity contribution < 1.29 is 19.0 Å². The molecule has 0 saturated carbocycles. The molecule has 3 aromatic rings. The fraction of sp³-hybridized carbons (Fsp3) is 0.577. The Kier molecular flexibility index (Phi) is 28.1. The van der Waals surface area contributed by atoms with Gasteiger partial charge in [0, 0.05) is 83.6 Å². The highest BCUT2D eigenvalue weighted by Gasteiger charge is 2.28. The molecule has 1 aliphatic rings. The number of carbonyl (C=O) groups excluding carboxylic acids is 1. The van der Waals surface area contributed by atoms with E-state index in [-0.39, 0.29) is 40.2 Å². The van der Waals surface area contributed by atoms with Crippen LogP contribution in [0, 0.1) is 16.6 Å². The molecule has 11 nitrogen and oxygen atoms in total. The normalized spacial score (nSPS) is 13.2. The predicted octanol–water partition coefficient (Wildman–Crippen LogP) is 11.4. The Morgan fingerprint density at radius 3 is 2.22 bits per heavy atom. The molecule has 0 spiro atoms. The topological polar surface area (TPSA) is 156 Å². The summed E-state index contributed by atoms with van der Waals surface area (Å²) >= 11 is 0. The summed E-state index contributed by atoms with van der Waals surface area (Å²) in [4.78, 5) is 33.2. The molecule has 3 heterocycles. The number of hydrogen-bond acceptors (Lipinski definition) is 10. The second-order valence-electron chi connectivity index (χ2n) is 17.4. The Labute approximate surface area is 386 Å². The number of benzene rings is 1. The Morgan fingerprint density at radius 1 is 1.08 bits per heavy atom. The van der Waals surface area contributed by atoms with Crippen molar-refractivity contribution in [2.24, 2.45) is 21.6 Å². The van der Waals surface area contributed by atoms with Crippen LogP contribution >= 0.6 is 0 Å². The molecular formula is C52H86FN7O4. The number of aliphatic hydroxyl groups is 1. The molecule has 4 rings (SSSR count). The molecule has 64 heavy (non-hydrogen) atoms. The Bertz CT molecular complexity index is 2000. The van der Waals surface area contributed by atoms with Crippen molar-refractivity contribution in [1.29, 1.82) is 0 Å². The standard InChI is InChI=1S/C22H42N4.C20H18FN3O4.C5H12.C3H8.C2H6/c1-10-17(3)25-15-20(23)22(8,9)13-12-21(6,7)16-24-14-19(5)26-18(4)11-2;1-22-16-4-10-3-11-7-24-17(19(11)23-15(10)6-14(16)21)5-12(18(26)8-25)13(9-28-2)20(24)27;1-3-5-4-2;1-3-2;1-2/h11,15-18,25-26H,2,5,10,12-14,23H2,1,3-4,6-9H3;3-6,8,18,22,26H,7,9H2,1-2H3;3-5H2,1-2H3;3H2,1-2H3;1-2H3/b20-15-,24-16?;;;;. The van der Waals surface area contributed by atoms with Gasteiger partial charge in [-0.3, -0.25) is 9.79 Å². The number of nitrogens with zero attached hydrogens (tertiary/aromatic N) is 3. The largest absolute Gasteiger partial charge is 0.400 e. The summed E-state index contributed by atoms with van der Waals surface area (Å²) in [7, 11) is 3.07. The molecule has 360 valence electrons. The summed E-state index contributed by atoms with van der Waals surface area (Å²) in [5.41, 5.74) is 10.8. The summed E-state index contributed by atoms with van der Waals surface area (Å²) in [5, 5.41) is 20.2. The van der Waals surface area contributed by atoms with Gasteiger partial charge >= 0.3 is 0 Å². The summed E-state index contributed by atoms with van der Waals surface area (Å²) < 4.78 is 20.7. The molecule has 0 amide bonds. The first-order valence-electron chi connectivity index (χ1n) is 23.2. The molecular weight excluding hydrogens is 806 g/mol. The zero-order valence-corrected chi connectivity index (χ0v) is 42.3. The predicted molar refractivity (Wildman–Crippen MR) is 272 cm³/mol. The summed E-state index contributed by atoms with van der Waals surface area (Å²) in [6, 6.07) is 7.11. The number of nitrogens with one attached hydrogen (secondary N) is 3. The van der Waals surface area contributed by atoms with E-state index >= 15 is 0 Å². The van der Waals surface area contributed by atoms with E-state index in [1.807, 2.05) is 45.3 Å². The number of hydrogen-bond donors (Lipinski definition) is 5. The second-order valence-corrected chi connectivity index (χ2v) is 17.4. The van der Waals surface area contributed by atoms with Gasteiger partial charge in [-0.1, -0.05) is 114 Å². The van der Waals surface area contributed by atoms with Crippen LogP contribution in [-0.2, 0) is 22.7 Å². The van der Waals surface area contributed by atoms with Crippen molar-refractivity contribution in [2.75, 3.05) is 26.0 Å². The van der Waals surface area contributed by atoms with Gasteiger partial charge in [0.25, 0.3) is 5.56 Å². The Hall–Kier alpha value is -4.81. The fourth-order valence-corrected chi connectivity index (χ4v) is 6.20. The first kappa shape index (κ1) is 59.2. The average molecular weight is 892 g/mol. The number of aliphatic imine (C=N–C) groups is 1. The monoisotopic (exact) mass is 892 g/mol. The lowest BCUT2D eigenvalue weighted by Crippen LogP contribution is -2.28. The molecule has 1 aliphatic heterocycles. The van der Waals surface area contributed by atoms with Crippen LogP contribution in [0.5, 0.6) is 0 Å². The van der Waals surface area contributed by atoms with Crippen LogP contribution in [0.1, 0.15) is 158 Å². The van der Waals surface area contributed by atoms with Gasteiger partial charge in [-0.25, -0.2) is 9.37 Å². The minimum atomic E-state index is -1.44. The lowest BCUT2D eigenvalue weighted by Gasteiger charge is -2.30. The first-order chi connectivity index (χ1) is 30.2. The quantitative estimate of drug-likeness (QED) is 0.0331. The molecule has 3 unspecified atom stereocenters. The number of aldehydes is 1. The van der Waals surface area contributed by atoms with Gasteiger partial charge in [0.05, 0.1) is 42.3 Å². The van der Waals surface area contributed by atoms with Crippen LogP contribution in [0.4, 0.5) is 10.1 Å². The lowest BCUT2D eigenvalue weighted by molar-refractivity contribution is -0.115. The number of aromatic nitrogens is 2. The molecule has 0 bridgehead atoms. The highest BCUT2D eigenvalue weighted by atomic mass is 19.1. The third kappa shape index (κ3) is 19.1. The van der Waals surface area contributed by atoms with Crippen LogP contribution < -0.4 is 27.2 Å². The average Bonchev–Trinajstić information content (AvgIpc) is 3.63. The van der Waals surface area contributed by atoms with Crippen LogP contribution in [0.15, 0.2) is 70.9 Å². The molecule has 0 aliphatic carbocycles. The summed E-state index contributed by atoms with van der Waals surface area (Å²) in [6.45, 7) is 36.5. The number of carbonyl (C=O) groups is 1. The molecule has 0 radical (unpaired) electrons. The number of fused-ring (bicyclic) bond motifs is 4. The molecule has 1 aromatic carbocycles. The van der Waals surface area contributed by atoms with E-state index in [9.17, 15) is 19.1 Å². The number of halogens is 1. The van der Waals surface area contributed by atoms with Gasteiger partial charge in [0.15, 0.2) is 6.29 Å². The molecule has 2 aromatic heterocycles. The van der Waals surface area contributed by atoms with Crippen LogP contribution in [0.2, 0.25) is 0 Å². The number of rotatable bonds is 20. The second kappa shape index (κ2) is 30.3. The zero-order chi connectivity index (χ0) is 49.2.